The van der Waals surface area contributed by atoms with E-state index < -0.39 is 35.8 Å². The molecule has 3 rings (SSSR count). The summed E-state index contributed by atoms with van der Waals surface area (Å²) in [5, 5.41) is 7.76. The van der Waals surface area contributed by atoms with Crippen molar-refractivity contribution < 1.29 is 35.9 Å². The smallest absolute Gasteiger partial charge is 0.342 e. The Hall–Kier alpha value is -3.33. The average Bonchev–Trinajstić information content (AvgIpc) is 3.22. The molecule has 1 aromatic carbocycles. The van der Waals surface area contributed by atoms with Gasteiger partial charge in [-0.2, -0.15) is 49.6 Å². The third kappa shape index (κ3) is 6.85. The lowest BCUT2D eigenvalue weighted by atomic mass is 10.1. The van der Waals surface area contributed by atoms with E-state index in [1.165, 1.54) is 13.0 Å². The molecule has 0 saturated carbocycles. The summed E-state index contributed by atoms with van der Waals surface area (Å²) in [6.07, 6.45) is -7.71. The van der Waals surface area contributed by atoms with Crippen LogP contribution in [0.3, 0.4) is 0 Å². The van der Waals surface area contributed by atoms with Gasteiger partial charge in [-0.1, -0.05) is 11.6 Å². The Bertz CT molecular complexity index is 1220. The Morgan fingerprint density at radius 3 is 2.31 bits per heavy atom. The molecule has 2 aromatic heterocycles. The van der Waals surface area contributed by atoms with E-state index in [2.05, 4.69) is 20.4 Å². The highest BCUT2D eigenvalue weighted by Crippen LogP contribution is 2.32. The molecule has 1 atom stereocenters. The van der Waals surface area contributed by atoms with Crippen LogP contribution in [0.15, 0.2) is 42.9 Å². The van der Waals surface area contributed by atoms with E-state index in [4.69, 9.17) is 11.6 Å². The number of nitrogens with zero attached hydrogens (tertiary/aromatic N) is 4. The fourth-order valence-electron chi connectivity index (χ4n) is 2.74. The molecule has 0 aliphatic carbocycles. The van der Waals surface area contributed by atoms with E-state index in [1.807, 2.05) is 0 Å². The van der Waals surface area contributed by atoms with Crippen LogP contribution in [0.4, 0.5) is 32.0 Å². The minimum Gasteiger partial charge on any atom is -0.342 e. The summed E-state index contributed by atoms with van der Waals surface area (Å²) >= 11 is 5.71. The number of halogens is 7. The fourth-order valence-corrected chi connectivity index (χ4v) is 2.97. The molecular formula is C19H15ClF6N6O2S. The summed E-state index contributed by atoms with van der Waals surface area (Å²) in [4.78, 5) is 31.4. The second-order valence-electron chi connectivity index (χ2n) is 6.81. The molecule has 0 bridgehead atoms. The second kappa shape index (κ2) is 10.5. The quantitative estimate of drug-likeness (QED) is 0.466. The molecule has 8 nitrogen and oxygen atoms in total. The molecule has 0 unspecified atom stereocenters. The van der Waals surface area contributed by atoms with Crippen molar-refractivity contribution in [3.05, 3.63) is 64.8 Å². The van der Waals surface area contributed by atoms with Gasteiger partial charge in [0, 0.05) is 10.6 Å². The number of pyridine rings is 1. The topological polar surface area (TPSA) is 102 Å². The Morgan fingerprint density at radius 2 is 1.74 bits per heavy atom. The van der Waals surface area contributed by atoms with Gasteiger partial charge in [0.05, 0.1) is 23.5 Å². The number of nitrogens with one attached hydrogen (secondary N) is 2. The lowest BCUT2D eigenvalue weighted by molar-refractivity contribution is -0.167. The zero-order chi connectivity index (χ0) is 25.3. The van der Waals surface area contributed by atoms with Gasteiger partial charge in [-0.15, -0.1) is 0 Å². The maximum absolute atomic E-state index is 13.0. The van der Waals surface area contributed by atoms with E-state index in [1.54, 1.807) is 5.32 Å². The van der Waals surface area contributed by atoms with Crippen LogP contribution in [0.1, 0.15) is 34.7 Å². The fraction of sp³-hybridized carbons (Fsp3) is 0.211. The second-order valence-corrected chi connectivity index (χ2v) is 7.24. The molecule has 0 saturated heterocycles. The first kappa shape index (κ1) is 27.9. The molecule has 2 heterocycles. The molecule has 3 aromatic rings. The van der Waals surface area contributed by atoms with Crippen LogP contribution < -0.4 is 10.6 Å². The molecule has 0 fully saturated rings. The minimum absolute atomic E-state index is 0. The number of amides is 2. The summed E-state index contributed by atoms with van der Waals surface area (Å²) in [6, 6.07) is 3.91. The van der Waals surface area contributed by atoms with Gasteiger partial charge in [0.15, 0.2) is 11.6 Å². The molecule has 0 radical (unpaired) electrons. The maximum atomic E-state index is 13.0. The van der Waals surface area contributed by atoms with Crippen molar-refractivity contribution in [3.8, 4) is 5.82 Å². The normalized spacial score (nSPS) is 12.5. The standard InChI is InChI=1S/C19H13ClF6N6O2.H2S/c1-9(30-16(33)10-4-11(18(21,22)23)6-12(20)5-10)15-28-8-29-32(15)14-3-2-13(7-27-14)31-17(34)19(24,25)26;/h2-9H,1H3,(H,30,33)(H,31,34);1H2/t9-;/m0./s1. The SMILES string of the molecule is C[C@H](NC(=O)c1cc(Cl)cc(C(F)(F)F)c1)c1ncnn1-c1ccc(NC(=O)C(F)(F)F)cn1.S. The highest BCUT2D eigenvalue weighted by molar-refractivity contribution is 7.59. The van der Waals surface area contributed by atoms with Gasteiger partial charge >= 0.3 is 18.3 Å². The Labute approximate surface area is 205 Å². The van der Waals surface area contributed by atoms with Crippen LogP contribution >= 0.6 is 25.1 Å². The Kier molecular flexibility index (Phi) is 8.39. The first-order chi connectivity index (χ1) is 15.8. The van der Waals surface area contributed by atoms with Gasteiger partial charge < -0.3 is 10.6 Å². The highest BCUT2D eigenvalue weighted by Gasteiger charge is 2.38. The summed E-state index contributed by atoms with van der Waals surface area (Å²) in [7, 11) is 0. The lowest BCUT2D eigenvalue weighted by Crippen LogP contribution is -2.30. The predicted octanol–water partition coefficient (Wildman–Crippen LogP) is 4.44. The predicted molar refractivity (Wildman–Crippen MR) is 117 cm³/mol. The molecular weight excluding hydrogens is 526 g/mol. The van der Waals surface area contributed by atoms with Gasteiger partial charge in [0.25, 0.3) is 5.91 Å². The molecule has 0 aliphatic heterocycles. The first-order valence-electron chi connectivity index (χ1n) is 9.19. The van der Waals surface area contributed by atoms with E-state index in [9.17, 15) is 35.9 Å². The summed E-state index contributed by atoms with van der Waals surface area (Å²) in [5.74, 6) is -2.84. The van der Waals surface area contributed by atoms with E-state index in [0.29, 0.717) is 12.1 Å². The van der Waals surface area contributed by atoms with Crippen molar-refractivity contribution >= 4 is 42.6 Å². The number of hydrogen-bond acceptors (Lipinski definition) is 5. The van der Waals surface area contributed by atoms with E-state index >= 15 is 0 Å². The number of anilines is 1. The van der Waals surface area contributed by atoms with Crippen molar-refractivity contribution in [1.29, 1.82) is 0 Å². The van der Waals surface area contributed by atoms with Crippen LogP contribution in [0.25, 0.3) is 5.82 Å². The van der Waals surface area contributed by atoms with Crippen LogP contribution in [0.2, 0.25) is 5.02 Å². The van der Waals surface area contributed by atoms with Crippen molar-refractivity contribution in [2.75, 3.05) is 5.32 Å². The third-order valence-corrected chi connectivity index (χ3v) is 4.49. The molecule has 0 spiro atoms. The van der Waals surface area contributed by atoms with Crippen molar-refractivity contribution in [2.45, 2.75) is 25.3 Å². The Morgan fingerprint density at radius 1 is 1.06 bits per heavy atom. The third-order valence-electron chi connectivity index (χ3n) is 4.28. The van der Waals surface area contributed by atoms with Gasteiger partial charge in [0.2, 0.25) is 0 Å². The number of carbonyl (C=O) groups is 2. The van der Waals surface area contributed by atoms with E-state index in [0.717, 1.165) is 29.3 Å². The Balaban J connectivity index is 0.00000432. The molecule has 0 aliphatic rings. The van der Waals surface area contributed by atoms with Gasteiger partial charge in [-0.05, 0) is 37.3 Å². The largest absolute Gasteiger partial charge is 0.471 e. The van der Waals surface area contributed by atoms with Crippen LogP contribution in [0, 0.1) is 0 Å². The molecule has 2 N–H and O–H groups in total. The monoisotopic (exact) mass is 540 g/mol. The summed E-state index contributed by atoms with van der Waals surface area (Å²) < 4.78 is 77.2. The maximum Gasteiger partial charge on any atom is 0.471 e. The lowest BCUT2D eigenvalue weighted by Gasteiger charge is -2.15. The minimum atomic E-state index is -5.07. The number of alkyl halides is 6. The van der Waals surface area contributed by atoms with Crippen LogP contribution in [0.5, 0.6) is 0 Å². The molecule has 16 heteroatoms. The van der Waals surface area contributed by atoms with Crippen molar-refractivity contribution in [1.82, 2.24) is 25.1 Å². The number of aromatic nitrogens is 4. The molecule has 2 amide bonds. The van der Waals surface area contributed by atoms with Gasteiger partial charge in [-0.25, -0.2) is 9.97 Å². The number of rotatable bonds is 5. The van der Waals surface area contributed by atoms with Crippen molar-refractivity contribution in [2.24, 2.45) is 0 Å². The zero-order valence-corrected chi connectivity index (χ0v) is 19.1. The first-order valence-corrected chi connectivity index (χ1v) is 9.56. The summed E-state index contributed by atoms with van der Waals surface area (Å²) in [6.45, 7) is 1.48. The van der Waals surface area contributed by atoms with E-state index in [-0.39, 0.29) is 41.4 Å². The highest BCUT2D eigenvalue weighted by atomic mass is 35.5. The van der Waals surface area contributed by atoms with Gasteiger partial charge in [-0.3, -0.25) is 9.59 Å². The molecule has 188 valence electrons. The molecule has 35 heavy (non-hydrogen) atoms. The zero-order valence-electron chi connectivity index (χ0n) is 17.4. The average molecular weight is 541 g/mol. The van der Waals surface area contributed by atoms with Crippen LogP contribution in [-0.2, 0) is 11.0 Å². The number of carbonyl (C=O) groups excluding carboxylic acids is 2. The van der Waals surface area contributed by atoms with Gasteiger partial charge in [0.1, 0.15) is 6.33 Å². The van der Waals surface area contributed by atoms with Crippen molar-refractivity contribution in [3.63, 3.8) is 0 Å². The number of hydrogen-bond donors (Lipinski definition) is 2. The number of benzene rings is 1. The van der Waals surface area contributed by atoms with Crippen LogP contribution in [-0.4, -0.2) is 37.7 Å². The summed E-state index contributed by atoms with van der Waals surface area (Å²) in [5.41, 5.74) is -1.65.